The van der Waals surface area contributed by atoms with Gasteiger partial charge in [-0.3, -0.25) is 0 Å². The Bertz CT molecular complexity index is 246. The fourth-order valence-corrected chi connectivity index (χ4v) is 0.924. The average Bonchev–Trinajstić information content (AvgIpc) is 2.08. The lowest BCUT2D eigenvalue weighted by Crippen LogP contribution is -2.33. The van der Waals surface area contributed by atoms with Crippen LogP contribution in [0.25, 0.3) is 0 Å². The van der Waals surface area contributed by atoms with Gasteiger partial charge in [-0.15, -0.1) is 0 Å². The van der Waals surface area contributed by atoms with Gasteiger partial charge in [0.15, 0.2) is 6.10 Å². The zero-order valence-corrected chi connectivity index (χ0v) is 9.82. The second-order valence-electron chi connectivity index (χ2n) is 4.42. The number of carbonyl (C=O) groups excluding carboxylic acids is 1. The van der Waals surface area contributed by atoms with Crippen molar-refractivity contribution in [1.82, 2.24) is 5.32 Å². The van der Waals surface area contributed by atoms with E-state index in [0.717, 1.165) is 0 Å². The van der Waals surface area contributed by atoms with Crippen molar-refractivity contribution in [1.29, 1.82) is 0 Å². The first-order valence-corrected chi connectivity index (χ1v) is 5.10. The van der Waals surface area contributed by atoms with Gasteiger partial charge in [0.05, 0.1) is 0 Å². The highest BCUT2D eigenvalue weighted by Gasteiger charge is 2.16. The lowest BCUT2D eigenvalue weighted by atomic mass is 10.2. The molecule has 0 heterocycles. The monoisotopic (exact) mass is 233 g/mol. The number of aliphatic hydroxyl groups is 1. The van der Waals surface area contributed by atoms with Crippen molar-refractivity contribution in [3.05, 3.63) is 0 Å². The van der Waals surface area contributed by atoms with Crippen molar-refractivity contribution < 1.29 is 24.5 Å². The van der Waals surface area contributed by atoms with Gasteiger partial charge in [-0.2, -0.15) is 0 Å². The SMILES string of the molecule is CC(C)(C)OC(=O)NCCC[C@@H](O)C(=O)O. The number of hydrogen-bond donors (Lipinski definition) is 3. The van der Waals surface area contributed by atoms with Crippen LogP contribution < -0.4 is 5.32 Å². The van der Waals surface area contributed by atoms with Crippen LogP contribution in [-0.4, -0.2) is 40.5 Å². The van der Waals surface area contributed by atoms with Crippen molar-refractivity contribution >= 4 is 12.1 Å². The Morgan fingerprint density at radius 2 is 1.94 bits per heavy atom. The van der Waals surface area contributed by atoms with Gasteiger partial charge in [-0.25, -0.2) is 9.59 Å². The maximum atomic E-state index is 11.1. The van der Waals surface area contributed by atoms with E-state index in [4.69, 9.17) is 14.9 Å². The molecule has 0 aromatic carbocycles. The minimum Gasteiger partial charge on any atom is -0.479 e. The summed E-state index contributed by atoms with van der Waals surface area (Å²) in [4.78, 5) is 21.4. The second kappa shape index (κ2) is 6.32. The summed E-state index contributed by atoms with van der Waals surface area (Å²) in [6.45, 7) is 5.53. The lowest BCUT2D eigenvalue weighted by molar-refractivity contribution is -0.146. The number of aliphatic carboxylic acids is 1. The molecule has 1 amide bonds. The molecule has 0 aromatic heterocycles. The molecule has 0 rings (SSSR count). The fourth-order valence-electron chi connectivity index (χ4n) is 0.924. The molecule has 0 saturated heterocycles. The molecule has 0 bridgehead atoms. The Morgan fingerprint density at radius 3 is 2.38 bits per heavy atom. The van der Waals surface area contributed by atoms with Crippen molar-refractivity contribution in [2.75, 3.05) is 6.54 Å². The number of carboxylic acid groups (broad SMARTS) is 1. The second-order valence-corrected chi connectivity index (χ2v) is 4.42. The number of aliphatic hydroxyl groups excluding tert-OH is 1. The van der Waals surface area contributed by atoms with E-state index in [0.29, 0.717) is 6.42 Å². The van der Waals surface area contributed by atoms with Crippen LogP contribution in [0.15, 0.2) is 0 Å². The number of amides is 1. The first-order valence-electron chi connectivity index (χ1n) is 5.10. The number of rotatable bonds is 5. The minimum atomic E-state index is -1.37. The van der Waals surface area contributed by atoms with Crippen LogP contribution in [-0.2, 0) is 9.53 Å². The van der Waals surface area contributed by atoms with Gasteiger partial charge in [-0.1, -0.05) is 0 Å². The van der Waals surface area contributed by atoms with Crippen LogP contribution >= 0.6 is 0 Å². The zero-order chi connectivity index (χ0) is 12.8. The van der Waals surface area contributed by atoms with E-state index in [1.807, 2.05) is 0 Å². The normalized spacial score (nSPS) is 13.0. The van der Waals surface area contributed by atoms with Gasteiger partial charge in [0.25, 0.3) is 0 Å². The van der Waals surface area contributed by atoms with E-state index < -0.39 is 23.8 Å². The zero-order valence-electron chi connectivity index (χ0n) is 9.82. The summed E-state index contributed by atoms with van der Waals surface area (Å²) in [6.07, 6.45) is -1.43. The van der Waals surface area contributed by atoms with E-state index in [1.54, 1.807) is 20.8 Å². The van der Waals surface area contributed by atoms with Gasteiger partial charge in [0, 0.05) is 6.54 Å². The molecule has 0 aliphatic rings. The van der Waals surface area contributed by atoms with Crippen molar-refractivity contribution in [2.45, 2.75) is 45.3 Å². The van der Waals surface area contributed by atoms with Gasteiger partial charge >= 0.3 is 12.1 Å². The molecular weight excluding hydrogens is 214 g/mol. The Hall–Kier alpha value is -1.30. The molecule has 6 nitrogen and oxygen atoms in total. The maximum absolute atomic E-state index is 11.1. The highest BCUT2D eigenvalue weighted by atomic mass is 16.6. The summed E-state index contributed by atoms with van der Waals surface area (Å²) in [6, 6.07) is 0. The fraction of sp³-hybridized carbons (Fsp3) is 0.800. The molecular formula is C10H19NO5. The van der Waals surface area contributed by atoms with Crippen LogP contribution in [0.5, 0.6) is 0 Å². The largest absolute Gasteiger partial charge is 0.479 e. The third-order valence-corrected chi connectivity index (χ3v) is 1.61. The third kappa shape index (κ3) is 8.05. The molecule has 0 saturated carbocycles. The molecule has 0 aliphatic carbocycles. The average molecular weight is 233 g/mol. The summed E-state index contributed by atoms with van der Waals surface area (Å²) in [5.41, 5.74) is -0.551. The Balaban J connectivity index is 3.60. The predicted octanol–water partition coefficient (Wildman–Crippen LogP) is 0.737. The molecule has 0 spiro atoms. The van der Waals surface area contributed by atoms with Crippen molar-refractivity contribution in [3.63, 3.8) is 0 Å². The highest BCUT2D eigenvalue weighted by molar-refractivity contribution is 5.71. The van der Waals surface area contributed by atoms with E-state index >= 15 is 0 Å². The molecule has 6 heteroatoms. The molecule has 16 heavy (non-hydrogen) atoms. The van der Waals surface area contributed by atoms with Gasteiger partial charge in [0.1, 0.15) is 5.60 Å². The van der Waals surface area contributed by atoms with Crippen LogP contribution in [0.2, 0.25) is 0 Å². The Kier molecular flexibility index (Phi) is 5.81. The topological polar surface area (TPSA) is 95.9 Å². The molecule has 0 aliphatic heterocycles. The van der Waals surface area contributed by atoms with E-state index in [2.05, 4.69) is 5.32 Å². The number of alkyl carbamates (subject to hydrolysis) is 1. The quantitative estimate of drug-likeness (QED) is 0.608. The summed E-state index contributed by atoms with van der Waals surface area (Å²) in [5, 5.41) is 19.8. The number of carboxylic acids is 1. The molecule has 0 radical (unpaired) electrons. The van der Waals surface area contributed by atoms with Crippen LogP contribution in [0.4, 0.5) is 4.79 Å². The molecule has 3 N–H and O–H groups in total. The van der Waals surface area contributed by atoms with Gasteiger partial charge in [-0.05, 0) is 33.6 Å². The molecule has 94 valence electrons. The first kappa shape index (κ1) is 14.7. The van der Waals surface area contributed by atoms with E-state index in [-0.39, 0.29) is 13.0 Å². The first-order chi connectivity index (χ1) is 7.22. The Labute approximate surface area is 94.6 Å². The van der Waals surface area contributed by atoms with Crippen LogP contribution in [0, 0.1) is 0 Å². The summed E-state index contributed by atoms with van der Waals surface area (Å²) in [5.74, 6) is -1.25. The van der Waals surface area contributed by atoms with Crippen LogP contribution in [0.3, 0.4) is 0 Å². The third-order valence-electron chi connectivity index (χ3n) is 1.61. The maximum Gasteiger partial charge on any atom is 0.407 e. The predicted molar refractivity (Wildman–Crippen MR) is 57.1 cm³/mol. The van der Waals surface area contributed by atoms with Crippen LogP contribution in [0.1, 0.15) is 33.6 Å². The van der Waals surface area contributed by atoms with E-state index in [9.17, 15) is 9.59 Å². The number of hydrogen-bond acceptors (Lipinski definition) is 4. The van der Waals surface area contributed by atoms with Crippen molar-refractivity contribution in [3.8, 4) is 0 Å². The standard InChI is InChI=1S/C10H19NO5/c1-10(2,3)16-9(15)11-6-4-5-7(12)8(13)14/h7,12H,4-6H2,1-3H3,(H,11,15)(H,13,14)/t7-/m1/s1. The molecule has 1 atom stereocenters. The molecule has 0 aromatic rings. The number of nitrogens with one attached hydrogen (secondary N) is 1. The molecule has 0 unspecified atom stereocenters. The highest BCUT2D eigenvalue weighted by Crippen LogP contribution is 2.06. The summed E-state index contributed by atoms with van der Waals surface area (Å²) in [7, 11) is 0. The smallest absolute Gasteiger partial charge is 0.407 e. The van der Waals surface area contributed by atoms with Gasteiger partial charge in [0.2, 0.25) is 0 Å². The Morgan fingerprint density at radius 1 is 1.38 bits per heavy atom. The van der Waals surface area contributed by atoms with E-state index in [1.165, 1.54) is 0 Å². The summed E-state index contributed by atoms with van der Waals surface area (Å²) < 4.78 is 4.96. The summed E-state index contributed by atoms with van der Waals surface area (Å²) >= 11 is 0. The van der Waals surface area contributed by atoms with Gasteiger partial charge < -0.3 is 20.3 Å². The number of ether oxygens (including phenoxy) is 1. The molecule has 0 fully saturated rings. The lowest BCUT2D eigenvalue weighted by Gasteiger charge is -2.19. The van der Waals surface area contributed by atoms with Crippen molar-refractivity contribution in [2.24, 2.45) is 0 Å². The minimum absolute atomic E-state index is 0.102. The number of carbonyl (C=O) groups is 2.